The Morgan fingerprint density at radius 2 is 2.24 bits per heavy atom. The number of hydrogen-bond acceptors (Lipinski definition) is 5. The van der Waals surface area contributed by atoms with Crippen molar-refractivity contribution in [2.75, 3.05) is 12.9 Å². The van der Waals surface area contributed by atoms with Gasteiger partial charge in [0.2, 0.25) is 5.88 Å². The maximum Gasteiger partial charge on any atom is 0.217 e. The van der Waals surface area contributed by atoms with Crippen LogP contribution >= 0.6 is 0 Å². The number of nitrogens with two attached hydrogens (primary N) is 1. The van der Waals surface area contributed by atoms with Crippen molar-refractivity contribution in [3.05, 3.63) is 23.9 Å². The summed E-state index contributed by atoms with van der Waals surface area (Å²) in [4.78, 5) is 3.97. The Bertz CT molecular complexity index is 458. The van der Waals surface area contributed by atoms with Gasteiger partial charge in [-0.3, -0.25) is 0 Å². The molecule has 0 aliphatic carbocycles. The van der Waals surface area contributed by atoms with E-state index in [1.807, 2.05) is 0 Å². The fraction of sp³-hybridized carbons (Fsp3) is 0.545. The van der Waals surface area contributed by atoms with E-state index in [0.717, 1.165) is 0 Å². The highest BCUT2D eigenvalue weighted by molar-refractivity contribution is 7.90. The number of rotatable bonds is 6. The minimum absolute atomic E-state index is 0.0588. The van der Waals surface area contributed by atoms with Crippen molar-refractivity contribution in [3.8, 4) is 5.88 Å². The second kappa shape index (κ2) is 5.97. The predicted octanol–water partition coefficient (Wildman–Crippen LogP) is 0.742. The second-order valence-corrected chi connectivity index (χ2v) is 6.21. The van der Waals surface area contributed by atoms with E-state index in [4.69, 9.17) is 10.5 Å². The Kier molecular flexibility index (Phi) is 4.89. The van der Waals surface area contributed by atoms with Crippen LogP contribution in [0.25, 0.3) is 0 Å². The van der Waals surface area contributed by atoms with E-state index in [1.165, 1.54) is 7.11 Å². The Morgan fingerprint density at radius 3 is 2.82 bits per heavy atom. The van der Waals surface area contributed by atoms with Crippen molar-refractivity contribution >= 4 is 9.84 Å². The molecule has 5 nitrogen and oxygen atoms in total. The van der Waals surface area contributed by atoms with Crippen LogP contribution in [0.2, 0.25) is 0 Å². The third-order valence-electron chi connectivity index (χ3n) is 2.30. The molecule has 0 aliphatic rings. The summed E-state index contributed by atoms with van der Waals surface area (Å²) in [6, 6.07) is 3.29. The summed E-state index contributed by atoms with van der Waals surface area (Å²) >= 11 is 0. The molecule has 0 aromatic carbocycles. The van der Waals surface area contributed by atoms with Gasteiger partial charge in [0.15, 0.2) is 9.84 Å². The molecule has 0 bridgehead atoms. The van der Waals surface area contributed by atoms with Gasteiger partial charge in [0.1, 0.15) is 0 Å². The summed E-state index contributed by atoms with van der Waals surface area (Å²) in [7, 11) is -1.69. The number of methoxy groups -OCH3 is 1. The van der Waals surface area contributed by atoms with E-state index in [1.54, 1.807) is 25.3 Å². The Hall–Kier alpha value is -1.14. The van der Waals surface area contributed by atoms with E-state index < -0.39 is 9.84 Å². The van der Waals surface area contributed by atoms with Crippen molar-refractivity contribution in [1.82, 2.24) is 4.98 Å². The SMILES string of the molecule is COc1ncccc1CS(=O)(=O)CCC(C)N. The first-order chi connectivity index (χ1) is 7.94. The summed E-state index contributed by atoms with van der Waals surface area (Å²) in [6.45, 7) is 1.79. The van der Waals surface area contributed by atoms with Gasteiger partial charge in [-0.15, -0.1) is 0 Å². The van der Waals surface area contributed by atoms with Gasteiger partial charge in [-0.05, 0) is 19.4 Å². The van der Waals surface area contributed by atoms with Crippen LogP contribution in [-0.2, 0) is 15.6 Å². The van der Waals surface area contributed by atoms with Crippen molar-refractivity contribution < 1.29 is 13.2 Å². The smallest absolute Gasteiger partial charge is 0.217 e. The molecule has 0 fully saturated rings. The van der Waals surface area contributed by atoms with Gasteiger partial charge >= 0.3 is 0 Å². The van der Waals surface area contributed by atoms with Gasteiger partial charge in [0.05, 0.1) is 18.6 Å². The number of sulfone groups is 1. The number of nitrogens with zero attached hydrogens (tertiary/aromatic N) is 1. The van der Waals surface area contributed by atoms with Crippen LogP contribution in [0.4, 0.5) is 0 Å². The lowest BCUT2D eigenvalue weighted by Crippen LogP contribution is -2.21. The highest BCUT2D eigenvalue weighted by Gasteiger charge is 2.16. The van der Waals surface area contributed by atoms with Crippen molar-refractivity contribution in [2.45, 2.75) is 25.1 Å². The maximum absolute atomic E-state index is 11.8. The summed E-state index contributed by atoms with van der Waals surface area (Å²) in [5.74, 6) is 0.385. The number of pyridine rings is 1. The molecule has 17 heavy (non-hydrogen) atoms. The molecule has 1 atom stereocenters. The van der Waals surface area contributed by atoms with E-state index in [-0.39, 0.29) is 17.5 Å². The molecule has 1 heterocycles. The van der Waals surface area contributed by atoms with E-state index >= 15 is 0 Å². The molecule has 0 spiro atoms. The summed E-state index contributed by atoms with van der Waals surface area (Å²) in [5, 5.41) is 0. The van der Waals surface area contributed by atoms with Crippen LogP contribution in [0.1, 0.15) is 18.9 Å². The molecule has 0 saturated heterocycles. The third kappa shape index (κ3) is 4.70. The molecular weight excluding hydrogens is 240 g/mol. The van der Waals surface area contributed by atoms with Crippen LogP contribution < -0.4 is 10.5 Å². The van der Waals surface area contributed by atoms with Crippen LogP contribution in [0.15, 0.2) is 18.3 Å². The van der Waals surface area contributed by atoms with Crippen molar-refractivity contribution in [3.63, 3.8) is 0 Å². The van der Waals surface area contributed by atoms with Gasteiger partial charge in [-0.25, -0.2) is 13.4 Å². The quantitative estimate of drug-likeness (QED) is 0.814. The fourth-order valence-electron chi connectivity index (χ4n) is 1.39. The second-order valence-electron chi connectivity index (χ2n) is 4.03. The normalized spacial score (nSPS) is 13.4. The zero-order valence-electron chi connectivity index (χ0n) is 10.1. The predicted molar refractivity (Wildman–Crippen MR) is 66.5 cm³/mol. The molecule has 1 aromatic rings. The molecule has 1 rings (SSSR count). The lowest BCUT2D eigenvalue weighted by atomic mass is 10.3. The fourth-order valence-corrected chi connectivity index (χ4v) is 2.96. The molecule has 0 amide bonds. The topological polar surface area (TPSA) is 82.3 Å². The van der Waals surface area contributed by atoms with Crippen LogP contribution in [0.3, 0.4) is 0 Å². The highest BCUT2D eigenvalue weighted by Crippen LogP contribution is 2.17. The number of hydrogen-bond donors (Lipinski definition) is 1. The summed E-state index contributed by atoms with van der Waals surface area (Å²) < 4.78 is 28.7. The molecule has 1 unspecified atom stereocenters. The lowest BCUT2D eigenvalue weighted by Gasteiger charge is -2.09. The Morgan fingerprint density at radius 1 is 1.53 bits per heavy atom. The molecule has 0 radical (unpaired) electrons. The van der Waals surface area contributed by atoms with Gasteiger partial charge in [0, 0.05) is 17.8 Å². The standard InChI is InChI=1S/C11H18N2O3S/c1-9(12)5-7-17(14,15)8-10-4-3-6-13-11(10)16-2/h3-4,6,9H,5,7-8,12H2,1-2H3. The molecule has 6 heteroatoms. The lowest BCUT2D eigenvalue weighted by molar-refractivity contribution is 0.394. The van der Waals surface area contributed by atoms with Gasteiger partial charge in [-0.1, -0.05) is 6.07 Å². The number of aromatic nitrogens is 1. The summed E-state index contributed by atoms with van der Waals surface area (Å²) in [6.07, 6.45) is 2.03. The molecule has 2 N–H and O–H groups in total. The largest absolute Gasteiger partial charge is 0.481 e. The molecule has 0 aliphatic heterocycles. The van der Waals surface area contributed by atoms with Gasteiger partial charge < -0.3 is 10.5 Å². The van der Waals surface area contributed by atoms with E-state index in [0.29, 0.717) is 17.9 Å². The minimum atomic E-state index is -3.16. The summed E-state index contributed by atoms with van der Waals surface area (Å²) in [5.41, 5.74) is 6.13. The first kappa shape index (κ1) is 13.9. The Labute approximate surface area is 102 Å². The molecule has 96 valence electrons. The maximum atomic E-state index is 11.8. The molecular formula is C11H18N2O3S. The average Bonchev–Trinajstić information content (AvgIpc) is 2.27. The van der Waals surface area contributed by atoms with Gasteiger partial charge in [0.25, 0.3) is 0 Å². The zero-order valence-corrected chi connectivity index (χ0v) is 10.9. The third-order valence-corrected chi connectivity index (χ3v) is 3.91. The average molecular weight is 258 g/mol. The van der Waals surface area contributed by atoms with E-state index in [2.05, 4.69) is 4.98 Å². The van der Waals surface area contributed by atoms with Crippen LogP contribution in [-0.4, -0.2) is 32.3 Å². The number of ether oxygens (including phenoxy) is 1. The van der Waals surface area contributed by atoms with Gasteiger partial charge in [-0.2, -0.15) is 0 Å². The first-order valence-electron chi connectivity index (χ1n) is 5.38. The Balaban J connectivity index is 2.76. The van der Waals surface area contributed by atoms with E-state index in [9.17, 15) is 8.42 Å². The van der Waals surface area contributed by atoms with Crippen LogP contribution in [0, 0.1) is 0 Å². The highest BCUT2D eigenvalue weighted by atomic mass is 32.2. The molecule has 1 aromatic heterocycles. The van der Waals surface area contributed by atoms with Crippen molar-refractivity contribution in [1.29, 1.82) is 0 Å². The van der Waals surface area contributed by atoms with Crippen LogP contribution in [0.5, 0.6) is 5.88 Å². The monoisotopic (exact) mass is 258 g/mol. The molecule has 0 saturated carbocycles. The zero-order chi connectivity index (χ0) is 12.9. The first-order valence-corrected chi connectivity index (χ1v) is 7.20. The van der Waals surface area contributed by atoms with Crippen molar-refractivity contribution in [2.24, 2.45) is 5.73 Å². The minimum Gasteiger partial charge on any atom is -0.481 e.